The molecule has 2 rings (SSSR count). The number of hydrogen-bond donors (Lipinski definition) is 1. The fourth-order valence-electron chi connectivity index (χ4n) is 2.66. The molecular weight excluding hydrogens is 236 g/mol. The van der Waals surface area contributed by atoms with Gasteiger partial charge in [-0.05, 0) is 37.0 Å². The Morgan fingerprint density at radius 2 is 2.16 bits per heavy atom. The smallest absolute Gasteiger partial charge is 0.0622 e. The van der Waals surface area contributed by atoms with Crippen LogP contribution in [-0.2, 0) is 4.74 Å². The van der Waals surface area contributed by atoms with E-state index in [2.05, 4.69) is 43.9 Å². The van der Waals surface area contributed by atoms with Crippen LogP contribution in [0.25, 0.3) is 0 Å². The molecule has 0 saturated carbocycles. The predicted molar refractivity (Wildman–Crippen MR) is 79.3 cm³/mol. The molecule has 1 aliphatic heterocycles. The van der Waals surface area contributed by atoms with Gasteiger partial charge in [-0.3, -0.25) is 4.90 Å². The van der Waals surface area contributed by atoms with Crippen LogP contribution in [0.15, 0.2) is 18.2 Å². The normalized spacial score (nSPS) is 22.4. The second kappa shape index (κ2) is 6.51. The average molecular weight is 262 g/mol. The molecule has 2 N–H and O–H groups in total. The molecule has 1 heterocycles. The van der Waals surface area contributed by atoms with Crippen LogP contribution in [0.1, 0.15) is 36.1 Å². The van der Waals surface area contributed by atoms with E-state index in [1.807, 2.05) is 0 Å². The SMILES string of the molecule is CCC1COCCN1CC(N)c1ccc(C)c(C)c1. The van der Waals surface area contributed by atoms with E-state index in [1.54, 1.807) is 0 Å². The fraction of sp³-hybridized carbons (Fsp3) is 0.625. The maximum absolute atomic E-state index is 6.38. The number of nitrogens with two attached hydrogens (primary N) is 1. The van der Waals surface area contributed by atoms with Crippen LogP contribution in [0.4, 0.5) is 0 Å². The standard InChI is InChI=1S/C16H26N2O/c1-4-15-11-19-8-7-18(15)10-16(17)14-6-5-12(2)13(3)9-14/h5-6,9,15-16H,4,7-8,10-11,17H2,1-3H3. The molecule has 2 atom stereocenters. The van der Waals surface area contributed by atoms with Gasteiger partial charge in [0, 0.05) is 25.2 Å². The van der Waals surface area contributed by atoms with E-state index in [0.717, 1.165) is 32.7 Å². The van der Waals surface area contributed by atoms with Gasteiger partial charge in [0.05, 0.1) is 13.2 Å². The van der Waals surface area contributed by atoms with Crippen molar-refractivity contribution in [1.82, 2.24) is 4.90 Å². The summed E-state index contributed by atoms with van der Waals surface area (Å²) < 4.78 is 5.54. The topological polar surface area (TPSA) is 38.5 Å². The van der Waals surface area contributed by atoms with Crippen LogP contribution < -0.4 is 5.73 Å². The number of aryl methyl sites for hydroxylation is 2. The van der Waals surface area contributed by atoms with Gasteiger partial charge in [-0.1, -0.05) is 25.1 Å². The fourth-order valence-corrected chi connectivity index (χ4v) is 2.66. The molecule has 2 unspecified atom stereocenters. The predicted octanol–water partition coefficient (Wildman–Crippen LogP) is 2.41. The molecule has 1 aromatic carbocycles. The van der Waals surface area contributed by atoms with Crippen molar-refractivity contribution in [3.8, 4) is 0 Å². The summed E-state index contributed by atoms with van der Waals surface area (Å²) in [6.07, 6.45) is 1.12. The molecule has 19 heavy (non-hydrogen) atoms. The third-order valence-corrected chi connectivity index (χ3v) is 4.21. The molecule has 106 valence electrons. The molecule has 1 saturated heterocycles. The van der Waals surface area contributed by atoms with Crippen LogP contribution in [0.2, 0.25) is 0 Å². The van der Waals surface area contributed by atoms with Gasteiger partial charge in [0.2, 0.25) is 0 Å². The third kappa shape index (κ3) is 3.56. The minimum Gasteiger partial charge on any atom is -0.378 e. The first-order valence-corrected chi connectivity index (χ1v) is 7.26. The molecular formula is C16H26N2O. The van der Waals surface area contributed by atoms with Gasteiger partial charge in [0.15, 0.2) is 0 Å². The van der Waals surface area contributed by atoms with Crippen molar-refractivity contribution in [2.75, 3.05) is 26.3 Å². The molecule has 0 radical (unpaired) electrons. The summed E-state index contributed by atoms with van der Waals surface area (Å²) in [5, 5.41) is 0. The van der Waals surface area contributed by atoms with Crippen LogP contribution in [0.3, 0.4) is 0 Å². The van der Waals surface area contributed by atoms with E-state index in [9.17, 15) is 0 Å². The first kappa shape index (κ1) is 14.5. The highest BCUT2D eigenvalue weighted by Gasteiger charge is 2.23. The maximum atomic E-state index is 6.38. The molecule has 1 fully saturated rings. The summed E-state index contributed by atoms with van der Waals surface area (Å²) in [5.74, 6) is 0. The Labute approximate surface area is 116 Å². The van der Waals surface area contributed by atoms with E-state index in [1.165, 1.54) is 16.7 Å². The molecule has 0 aliphatic carbocycles. The monoisotopic (exact) mass is 262 g/mol. The maximum Gasteiger partial charge on any atom is 0.0622 e. The lowest BCUT2D eigenvalue weighted by molar-refractivity contribution is -0.0110. The van der Waals surface area contributed by atoms with Gasteiger partial charge in [0.25, 0.3) is 0 Å². The lowest BCUT2D eigenvalue weighted by atomic mass is 10.0. The van der Waals surface area contributed by atoms with Crippen molar-refractivity contribution in [2.45, 2.75) is 39.3 Å². The minimum absolute atomic E-state index is 0.0893. The van der Waals surface area contributed by atoms with E-state index in [-0.39, 0.29) is 6.04 Å². The van der Waals surface area contributed by atoms with Crippen molar-refractivity contribution < 1.29 is 4.74 Å². The number of morpholine rings is 1. The van der Waals surface area contributed by atoms with Gasteiger partial charge in [-0.15, -0.1) is 0 Å². The number of hydrogen-bond acceptors (Lipinski definition) is 3. The Morgan fingerprint density at radius 3 is 2.84 bits per heavy atom. The molecule has 3 nitrogen and oxygen atoms in total. The average Bonchev–Trinajstić information content (AvgIpc) is 2.42. The second-order valence-corrected chi connectivity index (χ2v) is 5.58. The number of benzene rings is 1. The highest BCUT2D eigenvalue weighted by molar-refractivity contribution is 5.31. The summed E-state index contributed by atoms with van der Waals surface area (Å²) in [6.45, 7) is 10.1. The van der Waals surface area contributed by atoms with Crippen molar-refractivity contribution >= 4 is 0 Å². The zero-order valence-electron chi connectivity index (χ0n) is 12.4. The molecule has 0 spiro atoms. The van der Waals surface area contributed by atoms with Gasteiger partial charge in [0.1, 0.15) is 0 Å². The van der Waals surface area contributed by atoms with E-state index >= 15 is 0 Å². The zero-order valence-corrected chi connectivity index (χ0v) is 12.4. The quantitative estimate of drug-likeness (QED) is 0.905. The number of rotatable bonds is 4. The lowest BCUT2D eigenvalue weighted by Crippen LogP contribution is -2.47. The number of ether oxygens (including phenoxy) is 1. The summed E-state index contributed by atoms with van der Waals surface area (Å²) in [7, 11) is 0. The highest BCUT2D eigenvalue weighted by Crippen LogP contribution is 2.19. The van der Waals surface area contributed by atoms with Gasteiger partial charge in [-0.25, -0.2) is 0 Å². The Hall–Kier alpha value is -0.900. The van der Waals surface area contributed by atoms with Gasteiger partial charge >= 0.3 is 0 Å². The van der Waals surface area contributed by atoms with Crippen molar-refractivity contribution in [1.29, 1.82) is 0 Å². The molecule has 0 amide bonds. The summed E-state index contributed by atoms with van der Waals surface area (Å²) in [4.78, 5) is 2.48. The Bertz CT molecular complexity index is 419. The molecule has 1 aromatic rings. The summed E-state index contributed by atoms with van der Waals surface area (Å²) >= 11 is 0. The summed E-state index contributed by atoms with van der Waals surface area (Å²) in [5.41, 5.74) is 10.3. The van der Waals surface area contributed by atoms with Gasteiger partial charge in [-0.2, -0.15) is 0 Å². The van der Waals surface area contributed by atoms with Gasteiger partial charge < -0.3 is 10.5 Å². The van der Waals surface area contributed by atoms with Crippen molar-refractivity contribution in [3.05, 3.63) is 34.9 Å². The number of nitrogens with zero attached hydrogens (tertiary/aromatic N) is 1. The summed E-state index contributed by atoms with van der Waals surface area (Å²) in [6, 6.07) is 7.16. The van der Waals surface area contributed by atoms with Crippen molar-refractivity contribution in [2.24, 2.45) is 5.73 Å². The van der Waals surface area contributed by atoms with Crippen LogP contribution in [0.5, 0.6) is 0 Å². The molecule has 3 heteroatoms. The Morgan fingerprint density at radius 1 is 1.37 bits per heavy atom. The van der Waals surface area contributed by atoms with Crippen LogP contribution in [0, 0.1) is 13.8 Å². The first-order valence-electron chi connectivity index (χ1n) is 7.26. The minimum atomic E-state index is 0.0893. The Balaban J connectivity index is 2.02. The van der Waals surface area contributed by atoms with E-state index < -0.39 is 0 Å². The third-order valence-electron chi connectivity index (χ3n) is 4.21. The van der Waals surface area contributed by atoms with Crippen LogP contribution in [-0.4, -0.2) is 37.2 Å². The Kier molecular flexibility index (Phi) is 4.97. The lowest BCUT2D eigenvalue weighted by Gasteiger charge is -2.36. The first-order chi connectivity index (χ1) is 9.11. The van der Waals surface area contributed by atoms with E-state index in [4.69, 9.17) is 10.5 Å². The zero-order chi connectivity index (χ0) is 13.8. The molecule has 1 aliphatic rings. The molecule has 0 bridgehead atoms. The van der Waals surface area contributed by atoms with Crippen molar-refractivity contribution in [3.63, 3.8) is 0 Å². The molecule has 0 aromatic heterocycles. The largest absolute Gasteiger partial charge is 0.378 e. The van der Waals surface area contributed by atoms with Crippen LogP contribution >= 0.6 is 0 Å². The van der Waals surface area contributed by atoms with E-state index in [0.29, 0.717) is 6.04 Å². The highest BCUT2D eigenvalue weighted by atomic mass is 16.5. The second-order valence-electron chi connectivity index (χ2n) is 5.58.